The van der Waals surface area contributed by atoms with Gasteiger partial charge in [-0.05, 0) is 49.9 Å². The Kier molecular flexibility index (Phi) is 6.90. The van der Waals surface area contributed by atoms with Crippen molar-refractivity contribution in [3.8, 4) is 0 Å². The molecule has 0 bridgehead atoms. The number of aliphatic hydroxyl groups excluding tert-OH is 1. The number of nitrogens with one attached hydrogen (secondary N) is 2. The zero-order chi connectivity index (χ0) is 25.3. The number of nitrogens with zero attached hydrogens (tertiary/aromatic N) is 2. The molecule has 3 atom stereocenters. The third kappa shape index (κ3) is 5.05. The maximum Gasteiger partial charge on any atom is 0.416 e. The Labute approximate surface area is 200 Å². The van der Waals surface area contributed by atoms with Crippen LogP contribution in [0, 0.1) is 6.92 Å². The number of hydrogen-bond donors (Lipinski definition) is 3. The molecule has 1 aromatic heterocycles. The van der Waals surface area contributed by atoms with Gasteiger partial charge in [-0.1, -0.05) is 42.0 Å². The zero-order valence-electron chi connectivity index (χ0n) is 19.6. The van der Waals surface area contributed by atoms with Crippen LogP contribution in [0.2, 0.25) is 0 Å². The molecule has 188 valence electrons. The van der Waals surface area contributed by atoms with Gasteiger partial charge in [-0.15, -0.1) is 0 Å². The summed E-state index contributed by atoms with van der Waals surface area (Å²) in [5.41, 5.74) is -0.709. The monoisotopic (exact) mass is 490 g/mol. The van der Waals surface area contributed by atoms with Crippen molar-refractivity contribution in [1.29, 1.82) is 0 Å². The summed E-state index contributed by atoms with van der Waals surface area (Å²) in [5, 5.41) is 19.9. The summed E-state index contributed by atoms with van der Waals surface area (Å²) >= 11 is 0. The number of benzene rings is 2. The first-order chi connectivity index (χ1) is 16.6. The van der Waals surface area contributed by atoms with E-state index in [-0.39, 0.29) is 19.8 Å². The molecule has 0 radical (unpaired) electrons. The van der Waals surface area contributed by atoms with E-state index in [1.807, 2.05) is 30.3 Å². The molecule has 0 saturated carbocycles. The van der Waals surface area contributed by atoms with E-state index in [4.69, 9.17) is 4.74 Å². The van der Waals surface area contributed by atoms with E-state index >= 15 is 0 Å². The number of aliphatic hydroxyl groups is 1. The van der Waals surface area contributed by atoms with Crippen molar-refractivity contribution in [2.75, 3.05) is 19.8 Å². The van der Waals surface area contributed by atoms with Crippen molar-refractivity contribution in [1.82, 2.24) is 20.1 Å². The van der Waals surface area contributed by atoms with E-state index in [0.29, 0.717) is 24.0 Å². The lowest BCUT2D eigenvalue weighted by Crippen LogP contribution is -2.61. The van der Waals surface area contributed by atoms with Crippen LogP contribution in [0.25, 0.3) is 0 Å². The molecule has 1 aliphatic heterocycles. The Morgan fingerprint density at radius 2 is 1.94 bits per heavy atom. The number of hydrogen-bond acceptors (Lipinski definition) is 5. The van der Waals surface area contributed by atoms with Crippen LogP contribution in [0.1, 0.15) is 48.1 Å². The second-order valence-electron chi connectivity index (χ2n) is 9.30. The Bertz CT molecular complexity index is 1200. The maximum absolute atomic E-state index is 13.3. The third-order valence-electron chi connectivity index (χ3n) is 6.93. The SMILES string of the molecule is Cc1cc([C@@H](C)OC[C@@]2(c3ccccc3)CC[C@](CO)(n3cn[nH]c3=O)CN2)cc(C(F)(F)F)c1. The summed E-state index contributed by atoms with van der Waals surface area (Å²) in [6.45, 7) is 3.57. The minimum atomic E-state index is -4.44. The minimum absolute atomic E-state index is 0.190. The lowest BCUT2D eigenvalue weighted by atomic mass is 9.76. The van der Waals surface area contributed by atoms with Crippen molar-refractivity contribution in [3.05, 3.63) is 87.6 Å². The first kappa shape index (κ1) is 25.2. The molecule has 1 aliphatic rings. The van der Waals surface area contributed by atoms with Crippen molar-refractivity contribution in [3.63, 3.8) is 0 Å². The van der Waals surface area contributed by atoms with Crippen LogP contribution in [-0.2, 0) is 22.0 Å². The third-order valence-corrected chi connectivity index (χ3v) is 6.93. The van der Waals surface area contributed by atoms with E-state index in [9.17, 15) is 23.1 Å². The molecule has 0 spiro atoms. The Morgan fingerprint density at radius 3 is 2.51 bits per heavy atom. The molecule has 0 unspecified atom stereocenters. The highest BCUT2D eigenvalue weighted by atomic mass is 19.4. The fraction of sp³-hybridized carbons (Fsp3) is 0.440. The van der Waals surface area contributed by atoms with E-state index < -0.39 is 34.6 Å². The molecule has 4 rings (SSSR count). The predicted molar refractivity (Wildman–Crippen MR) is 124 cm³/mol. The smallest absolute Gasteiger partial charge is 0.394 e. The molecule has 1 saturated heterocycles. The highest BCUT2D eigenvalue weighted by Gasteiger charge is 2.45. The summed E-state index contributed by atoms with van der Waals surface area (Å²) in [6, 6.07) is 13.6. The molecular weight excluding hydrogens is 461 g/mol. The van der Waals surface area contributed by atoms with Crippen molar-refractivity contribution >= 4 is 0 Å². The zero-order valence-corrected chi connectivity index (χ0v) is 19.6. The van der Waals surface area contributed by atoms with Crippen LogP contribution in [0.4, 0.5) is 13.2 Å². The van der Waals surface area contributed by atoms with E-state index in [1.165, 1.54) is 10.9 Å². The van der Waals surface area contributed by atoms with Crippen LogP contribution in [0.5, 0.6) is 0 Å². The predicted octanol–water partition coefficient (Wildman–Crippen LogP) is 3.64. The molecule has 2 heterocycles. The summed E-state index contributed by atoms with van der Waals surface area (Å²) in [4.78, 5) is 12.2. The van der Waals surface area contributed by atoms with Gasteiger partial charge in [0.2, 0.25) is 0 Å². The molecule has 7 nitrogen and oxygen atoms in total. The topological polar surface area (TPSA) is 92.2 Å². The van der Waals surface area contributed by atoms with Crippen LogP contribution in [0.3, 0.4) is 0 Å². The minimum Gasteiger partial charge on any atom is -0.394 e. The number of rotatable bonds is 7. The van der Waals surface area contributed by atoms with Gasteiger partial charge < -0.3 is 15.2 Å². The number of aromatic amines is 1. The van der Waals surface area contributed by atoms with Gasteiger partial charge in [-0.3, -0.25) is 4.57 Å². The normalized spacial score (nSPS) is 23.8. The lowest BCUT2D eigenvalue weighted by Gasteiger charge is -2.47. The second kappa shape index (κ2) is 9.60. The number of H-pyrrole nitrogens is 1. The van der Waals surface area contributed by atoms with Gasteiger partial charge in [0.25, 0.3) is 0 Å². The summed E-state index contributed by atoms with van der Waals surface area (Å²) < 4.78 is 47.5. The molecule has 3 N–H and O–H groups in total. The fourth-order valence-electron chi connectivity index (χ4n) is 4.74. The van der Waals surface area contributed by atoms with E-state index in [0.717, 1.165) is 17.7 Å². The number of ether oxygens (including phenoxy) is 1. The van der Waals surface area contributed by atoms with Crippen molar-refractivity contribution in [2.24, 2.45) is 0 Å². The van der Waals surface area contributed by atoms with Crippen LogP contribution in [-0.4, -0.2) is 39.6 Å². The summed E-state index contributed by atoms with van der Waals surface area (Å²) in [5.74, 6) is 0. The molecule has 2 aromatic carbocycles. The molecule has 1 fully saturated rings. The summed E-state index contributed by atoms with van der Waals surface area (Å²) in [6.07, 6.45) is -2.66. The fourth-order valence-corrected chi connectivity index (χ4v) is 4.74. The van der Waals surface area contributed by atoms with Gasteiger partial charge in [-0.25, -0.2) is 9.89 Å². The quantitative estimate of drug-likeness (QED) is 0.470. The molecular formula is C25H29F3N4O3. The van der Waals surface area contributed by atoms with E-state index in [2.05, 4.69) is 15.5 Å². The molecule has 0 aliphatic carbocycles. The van der Waals surface area contributed by atoms with Crippen molar-refractivity contribution in [2.45, 2.75) is 50.0 Å². The Morgan fingerprint density at radius 1 is 1.20 bits per heavy atom. The first-order valence-corrected chi connectivity index (χ1v) is 11.4. The average molecular weight is 491 g/mol. The Hall–Kier alpha value is -2.95. The highest BCUT2D eigenvalue weighted by molar-refractivity contribution is 5.32. The maximum atomic E-state index is 13.3. The Balaban J connectivity index is 1.58. The number of piperidine rings is 1. The van der Waals surface area contributed by atoms with Gasteiger partial charge in [-0.2, -0.15) is 18.3 Å². The molecule has 0 amide bonds. The van der Waals surface area contributed by atoms with Crippen LogP contribution in [0.15, 0.2) is 59.7 Å². The largest absolute Gasteiger partial charge is 0.416 e. The number of halogens is 3. The van der Waals surface area contributed by atoms with E-state index in [1.54, 1.807) is 19.9 Å². The van der Waals surface area contributed by atoms with Gasteiger partial charge in [0.05, 0.1) is 36.0 Å². The standard InChI is InChI=1S/C25H29F3N4O3/c1-17-10-19(12-21(11-17)25(26,27)28)18(2)35-15-24(20-6-4-3-5-7-20)9-8-23(14-33,13-29-24)32-16-30-31-22(32)34/h3-7,10-12,16,18,29,33H,8-9,13-15H2,1-2H3,(H,31,34)/t18-,23+,24-/m1/s1. The average Bonchev–Trinajstić information content (AvgIpc) is 3.29. The van der Waals surface area contributed by atoms with Crippen LogP contribution < -0.4 is 11.0 Å². The van der Waals surface area contributed by atoms with Crippen LogP contribution >= 0.6 is 0 Å². The van der Waals surface area contributed by atoms with Gasteiger partial charge in [0, 0.05) is 6.54 Å². The lowest BCUT2D eigenvalue weighted by molar-refractivity contribution is -0.137. The number of aryl methyl sites for hydroxylation is 1. The second-order valence-corrected chi connectivity index (χ2v) is 9.30. The molecule has 35 heavy (non-hydrogen) atoms. The van der Waals surface area contributed by atoms with Gasteiger partial charge in [0.1, 0.15) is 6.33 Å². The molecule has 3 aromatic rings. The first-order valence-electron chi connectivity index (χ1n) is 11.4. The highest BCUT2D eigenvalue weighted by Crippen LogP contribution is 2.38. The number of aromatic nitrogens is 3. The van der Waals surface area contributed by atoms with Gasteiger partial charge in [0.15, 0.2) is 0 Å². The number of alkyl halides is 3. The molecule has 10 heteroatoms. The summed E-state index contributed by atoms with van der Waals surface area (Å²) in [7, 11) is 0. The van der Waals surface area contributed by atoms with Gasteiger partial charge >= 0.3 is 11.9 Å². The van der Waals surface area contributed by atoms with Crippen molar-refractivity contribution < 1.29 is 23.0 Å².